The normalized spacial score (nSPS) is 11.3. The molecule has 0 amide bonds. The van der Waals surface area contributed by atoms with Crippen molar-refractivity contribution in [2.45, 2.75) is 0 Å². The van der Waals surface area contributed by atoms with Crippen molar-refractivity contribution < 1.29 is 9.63 Å². The van der Waals surface area contributed by atoms with Gasteiger partial charge in [0.1, 0.15) is 0 Å². The number of nitrogen functional groups attached to an aromatic ring is 1. The highest BCUT2D eigenvalue weighted by Crippen LogP contribution is 2.16. The predicted octanol–water partition coefficient (Wildman–Crippen LogP) is 1.67. The van der Waals surface area contributed by atoms with E-state index in [-0.39, 0.29) is 16.7 Å². The molecule has 91 valence electrons. The van der Waals surface area contributed by atoms with E-state index >= 15 is 0 Å². The maximum atomic E-state index is 10.7. The Morgan fingerprint density at radius 3 is 2.72 bits per heavy atom. The first-order valence-corrected chi connectivity index (χ1v) is 5.82. The number of halogens is 1. The standard InChI is InChI=1S/C10H6ClN4O2S/c11-6-1-3-7(4-2-6)17-14-8(5-16)9-13-10(12)18-15-9/h1-4H,(H2,12,13,15)/b14-8+. The van der Waals surface area contributed by atoms with E-state index in [2.05, 4.69) is 14.5 Å². The molecule has 2 N–H and O–H groups in total. The minimum Gasteiger partial charge on any atom is -0.374 e. The lowest BCUT2D eigenvalue weighted by molar-refractivity contribution is 0.342. The van der Waals surface area contributed by atoms with Crippen molar-refractivity contribution in [3.63, 3.8) is 0 Å². The highest BCUT2D eigenvalue weighted by atomic mass is 35.5. The molecule has 0 fully saturated rings. The Balaban J connectivity index is 2.15. The second-order valence-corrected chi connectivity index (χ2v) is 4.26. The summed E-state index contributed by atoms with van der Waals surface area (Å²) in [6.07, 6.45) is 1.59. The molecule has 1 radical (unpaired) electrons. The largest absolute Gasteiger partial charge is 0.374 e. The molecule has 0 saturated carbocycles. The van der Waals surface area contributed by atoms with Gasteiger partial charge in [0.05, 0.1) is 0 Å². The third-order valence-electron chi connectivity index (χ3n) is 1.81. The van der Waals surface area contributed by atoms with Crippen LogP contribution in [0, 0.1) is 0 Å². The molecule has 0 bridgehead atoms. The van der Waals surface area contributed by atoms with Gasteiger partial charge in [-0.15, -0.1) is 0 Å². The highest BCUT2D eigenvalue weighted by molar-refractivity contribution is 7.09. The monoisotopic (exact) mass is 281 g/mol. The van der Waals surface area contributed by atoms with Gasteiger partial charge in [-0.3, -0.25) is 4.79 Å². The third-order valence-corrected chi connectivity index (χ3v) is 2.60. The van der Waals surface area contributed by atoms with E-state index in [1.165, 1.54) is 0 Å². The average Bonchev–Trinajstić information content (AvgIpc) is 2.79. The van der Waals surface area contributed by atoms with Crippen LogP contribution in [-0.4, -0.2) is 21.4 Å². The fourth-order valence-electron chi connectivity index (χ4n) is 1.03. The fourth-order valence-corrected chi connectivity index (χ4v) is 1.59. The summed E-state index contributed by atoms with van der Waals surface area (Å²) in [7, 11) is 0. The minimum absolute atomic E-state index is 0.0847. The van der Waals surface area contributed by atoms with Gasteiger partial charge in [-0.05, 0) is 24.3 Å². The zero-order valence-corrected chi connectivity index (χ0v) is 10.4. The summed E-state index contributed by atoms with van der Waals surface area (Å²) >= 11 is 6.67. The molecular weight excluding hydrogens is 276 g/mol. The maximum Gasteiger partial charge on any atom is 0.261 e. The number of anilines is 1. The Kier molecular flexibility index (Phi) is 3.85. The molecule has 0 saturated heterocycles. The first-order chi connectivity index (χ1) is 8.69. The number of nitrogens with zero attached hydrogens (tertiary/aromatic N) is 3. The van der Waals surface area contributed by atoms with Crippen LogP contribution in [-0.2, 0) is 4.79 Å². The summed E-state index contributed by atoms with van der Waals surface area (Å²) in [6.45, 7) is 0. The van der Waals surface area contributed by atoms with E-state index < -0.39 is 0 Å². The number of hydrogen-bond donors (Lipinski definition) is 1. The van der Waals surface area contributed by atoms with Crippen LogP contribution in [0.2, 0.25) is 5.02 Å². The Hall–Kier alpha value is -1.99. The quantitative estimate of drug-likeness (QED) is 0.680. The third kappa shape index (κ3) is 3.02. The van der Waals surface area contributed by atoms with Crippen LogP contribution < -0.4 is 10.6 Å². The smallest absolute Gasteiger partial charge is 0.261 e. The lowest BCUT2D eigenvalue weighted by atomic mass is 10.3. The lowest BCUT2D eigenvalue weighted by Gasteiger charge is -1.98. The summed E-state index contributed by atoms with van der Waals surface area (Å²) in [5, 5.41) is 4.41. The van der Waals surface area contributed by atoms with Gasteiger partial charge in [0.2, 0.25) is 5.82 Å². The molecule has 0 atom stereocenters. The van der Waals surface area contributed by atoms with Crippen LogP contribution in [0.15, 0.2) is 29.4 Å². The molecule has 18 heavy (non-hydrogen) atoms. The van der Waals surface area contributed by atoms with Crippen molar-refractivity contribution in [2.24, 2.45) is 5.16 Å². The molecule has 8 heteroatoms. The number of nitrogens with two attached hydrogens (primary N) is 1. The van der Waals surface area contributed by atoms with Gasteiger partial charge in [0.15, 0.2) is 16.6 Å². The molecule has 0 aliphatic rings. The van der Waals surface area contributed by atoms with Gasteiger partial charge in [-0.2, -0.15) is 9.36 Å². The summed E-state index contributed by atoms with van der Waals surface area (Å²) in [5.74, 6) is 0.511. The maximum absolute atomic E-state index is 10.7. The first-order valence-electron chi connectivity index (χ1n) is 4.67. The number of rotatable bonds is 4. The Labute approximate surface area is 111 Å². The topological polar surface area (TPSA) is 90.5 Å². The molecule has 6 nitrogen and oxygen atoms in total. The van der Waals surface area contributed by atoms with E-state index in [0.29, 0.717) is 10.8 Å². The summed E-state index contributed by atoms with van der Waals surface area (Å²) in [6, 6.07) is 6.49. The minimum atomic E-state index is -0.155. The lowest BCUT2D eigenvalue weighted by Crippen LogP contribution is -2.07. The molecule has 2 aromatic rings. The summed E-state index contributed by atoms with van der Waals surface area (Å²) in [4.78, 5) is 19.5. The molecule has 0 aliphatic heterocycles. The number of carbonyl (C=O) groups excluding carboxylic acids is 1. The Morgan fingerprint density at radius 2 is 2.17 bits per heavy atom. The molecule has 2 rings (SSSR count). The molecule has 1 aromatic carbocycles. The fraction of sp³-hybridized carbons (Fsp3) is 0. The van der Waals surface area contributed by atoms with E-state index in [0.717, 1.165) is 11.5 Å². The van der Waals surface area contributed by atoms with E-state index in [1.54, 1.807) is 30.6 Å². The zero-order valence-electron chi connectivity index (χ0n) is 8.83. The van der Waals surface area contributed by atoms with Gasteiger partial charge in [0.25, 0.3) is 6.29 Å². The highest BCUT2D eigenvalue weighted by Gasteiger charge is 2.11. The number of benzene rings is 1. The zero-order chi connectivity index (χ0) is 13.0. The molecule has 1 aromatic heterocycles. The number of oxime groups is 1. The van der Waals surface area contributed by atoms with Crippen LogP contribution in [0.25, 0.3) is 0 Å². The van der Waals surface area contributed by atoms with Crippen LogP contribution in [0.5, 0.6) is 5.75 Å². The molecule has 0 unspecified atom stereocenters. The molecule has 0 spiro atoms. The van der Waals surface area contributed by atoms with E-state index in [9.17, 15) is 4.79 Å². The van der Waals surface area contributed by atoms with Crippen LogP contribution in [0.3, 0.4) is 0 Å². The van der Waals surface area contributed by atoms with Crippen molar-refractivity contribution in [1.82, 2.24) is 9.36 Å². The van der Waals surface area contributed by atoms with Gasteiger partial charge in [-0.25, -0.2) is 0 Å². The first kappa shape index (κ1) is 12.5. The number of aromatic nitrogens is 2. The van der Waals surface area contributed by atoms with Crippen LogP contribution >= 0.6 is 23.1 Å². The predicted molar refractivity (Wildman–Crippen MR) is 68.6 cm³/mol. The summed E-state index contributed by atoms with van der Waals surface area (Å²) < 4.78 is 3.82. The Bertz CT molecular complexity index is 582. The number of hydrogen-bond acceptors (Lipinski definition) is 7. The van der Waals surface area contributed by atoms with E-state index in [4.69, 9.17) is 22.2 Å². The van der Waals surface area contributed by atoms with Crippen LogP contribution in [0.1, 0.15) is 5.82 Å². The molecule has 0 aliphatic carbocycles. The summed E-state index contributed by atoms with van der Waals surface area (Å²) in [5.41, 5.74) is 5.24. The second kappa shape index (κ2) is 5.56. The van der Waals surface area contributed by atoms with Crippen LogP contribution in [0.4, 0.5) is 5.13 Å². The van der Waals surface area contributed by atoms with E-state index in [1.807, 2.05) is 0 Å². The average molecular weight is 282 g/mol. The van der Waals surface area contributed by atoms with Gasteiger partial charge in [-0.1, -0.05) is 16.8 Å². The molecular formula is C10H6ClN4O2S. The van der Waals surface area contributed by atoms with Gasteiger partial charge in [0, 0.05) is 16.6 Å². The van der Waals surface area contributed by atoms with Gasteiger partial charge < -0.3 is 10.6 Å². The second-order valence-electron chi connectivity index (χ2n) is 3.04. The van der Waals surface area contributed by atoms with Crippen molar-refractivity contribution in [3.05, 3.63) is 35.1 Å². The Morgan fingerprint density at radius 1 is 1.44 bits per heavy atom. The van der Waals surface area contributed by atoms with Crippen molar-refractivity contribution >= 4 is 40.3 Å². The SMILES string of the molecule is Nc1nc(/C([C]=O)=N/Oc2ccc(Cl)cc2)ns1. The van der Waals surface area contributed by atoms with Crippen molar-refractivity contribution in [3.8, 4) is 5.75 Å². The van der Waals surface area contributed by atoms with Crippen molar-refractivity contribution in [2.75, 3.05) is 5.73 Å². The van der Waals surface area contributed by atoms with Crippen molar-refractivity contribution in [1.29, 1.82) is 0 Å². The van der Waals surface area contributed by atoms with Gasteiger partial charge >= 0.3 is 0 Å². The molecule has 1 heterocycles.